The van der Waals surface area contributed by atoms with Crippen LogP contribution in [0.4, 0.5) is 0 Å². The average molecular weight is 307 g/mol. The van der Waals surface area contributed by atoms with Gasteiger partial charge in [-0.05, 0) is 18.1 Å². The Morgan fingerprint density at radius 3 is 2.47 bits per heavy atom. The Morgan fingerprint density at radius 1 is 1.21 bits per heavy atom. The fraction of sp³-hybridized carbons (Fsp3) is 0.538. The minimum Gasteiger partial charge on any atom is -0.491 e. The summed E-state index contributed by atoms with van der Waals surface area (Å²) in [5, 5.41) is 0. The smallest absolute Gasteiger partial charge is 0.232 e. The maximum Gasteiger partial charge on any atom is 0.232 e. The fourth-order valence-electron chi connectivity index (χ4n) is 1.55. The van der Waals surface area contributed by atoms with Crippen LogP contribution in [0.3, 0.4) is 0 Å². The van der Waals surface area contributed by atoms with Crippen molar-refractivity contribution in [2.45, 2.75) is 13.3 Å². The van der Waals surface area contributed by atoms with Crippen LogP contribution in [0.25, 0.3) is 0 Å². The van der Waals surface area contributed by atoms with Gasteiger partial charge >= 0.3 is 0 Å². The minimum atomic E-state index is -3.46. The fourth-order valence-corrected chi connectivity index (χ4v) is 2.98. The third-order valence-electron chi connectivity index (χ3n) is 2.61. The molecule has 1 atom stereocenters. The quantitative estimate of drug-likeness (QED) is 0.520. The topological polar surface area (TPSA) is 52.6 Å². The zero-order valence-electron chi connectivity index (χ0n) is 10.9. The molecule has 1 aromatic rings. The first kappa shape index (κ1) is 16.3. The summed E-state index contributed by atoms with van der Waals surface area (Å²) in [5.74, 6) is 0.672. The molecule has 0 heterocycles. The molecule has 1 aromatic carbocycles. The first-order valence-electron chi connectivity index (χ1n) is 6.19. The second kappa shape index (κ2) is 8.40. The first-order chi connectivity index (χ1) is 9.01. The lowest BCUT2D eigenvalue weighted by molar-refractivity contribution is 0.0779. The number of benzene rings is 1. The van der Waals surface area contributed by atoms with E-state index in [4.69, 9.17) is 20.2 Å². The van der Waals surface area contributed by atoms with Crippen LogP contribution in [0.15, 0.2) is 30.3 Å². The molecule has 4 nitrogen and oxygen atoms in total. The van der Waals surface area contributed by atoms with E-state index in [2.05, 4.69) is 0 Å². The number of ether oxygens (including phenoxy) is 2. The lowest BCUT2D eigenvalue weighted by atomic mass is 10.1. The highest BCUT2D eigenvalue weighted by molar-refractivity contribution is 8.13. The van der Waals surface area contributed by atoms with E-state index in [-0.39, 0.29) is 11.7 Å². The molecule has 0 bridgehead atoms. The van der Waals surface area contributed by atoms with E-state index < -0.39 is 9.05 Å². The maximum atomic E-state index is 11.0. The van der Waals surface area contributed by atoms with Crippen molar-refractivity contribution in [3.63, 3.8) is 0 Å². The summed E-state index contributed by atoms with van der Waals surface area (Å²) < 4.78 is 32.8. The van der Waals surface area contributed by atoms with Gasteiger partial charge in [-0.1, -0.05) is 31.5 Å². The molecule has 1 rings (SSSR count). The lowest BCUT2D eigenvalue weighted by Gasteiger charge is -2.13. The standard InChI is InChI=1S/C13H19ClO4S/c1-2-12(11-19(14,15)16)10-17-8-9-18-13-6-4-3-5-7-13/h3-7,12H,2,8-11H2,1H3. The van der Waals surface area contributed by atoms with E-state index in [9.17, 15) is 8.42 Å². The van der Waals surface area contributed by atoms with Gasteiger partial charge in [0.15, 0.2) is 0 Å². The zero-order chi connectivity index (χ0) is 14.1. The van der Waals surface area contributed by atoms with Crippen molar-refractivity contribution in [3.05, 3.63) is 30.3 Å². The van der Waals surface area contributed by atoms with E-state index in [1.807, 2.05) is 37.3 Å². The summed E-state index contributed by atoms with van der Waals surface area (Å²) in [7, 11) is 1.76. The van der Waals surface area contributed by atoms with Crippen LogP contribution in [0, 0.1) is 5.92 Å². The van der Waals surface area contributed by atoms with Gasteiger partial charge in [0.2, 0.25) is 9.05 Å². The van der Waals surface area contributed by atoms with Gasteiger partial charge in [-0.25, -0.2) is 8.42 Å². The van der Waals surface area contributed by atoms with E-state index in [0.29, 0.717) is 26.2 Å². The van der Waals surface area contributed by atoms with Gasteiger partial charge in [0, 0.05) is 10.7 Å². The Balaban J connectivity index is 2.16. The molecule has 0 amide bonds. The highest BCUT2D eigenvalue weighted by Gasteiger charge is 2.15. The second-order valence-corrected chi connectivity index (χ2v) is 7.04. The van der Waals surface area contributed by atoms with Crippen LogP contribution in [-0.2, 0) is 13.8 Å². The zero-order valence-corrected chi connectivity index (χ0v) is 12.5. The number of halogens is 1. The van der Waals surface area contributed by atoms with Crippen molar-refractivity contribution >= 4 is 19.7 Å². The maximum absolute atomic E-state index is 11.0. The van der Waals surface area contributed by atoms with Crippen LogP contribution in [-0.4, -0.2) is 34.0 Å². The Bertz CT molecular complexity index is 447. The van der Waals surface area contributed by atoms with E-state index in [1.165, 1.54) is 0 Å². The molecule has 0 fully saturated rings. The molecule has 0 radical (unpaired) electrons. The van der Waals surface area contributed by atoms with Crippen LogP contribution < -0.4 is 4.74 Å². The molecule has 1 unspecified atom stereocenters. The van der Waals surface area contributed by atoms with Gasteiger partial charge in [-0.2, -0.15) is 0 Å². The highest BCUT2D eigenvalue weighted by Crippen LogP contribution is 2.11. The normalized spacial score (nSPS) is 13.2. The molecule has 0 aliphatic carbocycles. The van der Waals surface area contributed by atoms with Gasteiger partial charge in [0.1, 0.15) is 12.4 Å². The average Bonchev–Trinajstić information content (AvgIpc) is 2.37. The Hall–Kier alpha value is -0.780. The molecular formula is C13H19ClO4S. The number of hydrogen-bond donors (Lipinski definition) is 0. The summed E-state index contributed by atoms with van der Waals surface area (Å²) in [5.41, 5.74) is 0. The van der Waals surface area contributed by atoms with Crippen LogP contribution in [0.2, 0.25) is 0 Å². The minimum absolute atomic E-state index is 0.0510. The molecule has 0 saturated heterocycles. The van der Waals surface area contributed by atoms with Gasteiger partial charge < -0.3 is 9.47 Å². The van der Waals surface area contributed by atoms with Crippen molar-refractivity contribution in [2.75, 3.05) is 25.6 Å². The molecule has 6 heteroatoms. The first-order valence-corrected chi connectivity index (χ1v) is 8.67. The molecule has 0 aliphatic heterocycles. The van der Waals surface area contributed by atoms with Crippen LogP contribution in [0.1, 0.15) is 13.3 Å². The van der Waals surface area contributed by atoms with Gasteiger partial charge in [-0.3, -0.25) is 0 Å². The van der Waals surface area contributed by atoms with Crippen LogP contribution >= 0.6 is 10.7 Å². The Labute approximate surface area is 119 Å². The molecule has 0 aliphatic rings. The Kier molecular flexibility index (Phi) is 7.20. The van der Waals surface area contributed by atoms with Crippen molar-refractivity contribution in [3.8, 4) is 5.75 Å². The van der Waals surface area contributed by atoms with Crippen molar-refractivity contribution in [1.82, 2.24) is 0 Å². The van der Waals surface area contributed by atoms with E-state index in [1.54, 1.807) is 0 Å². The molecule has 108 valence electrons. The third-order valence-corrected chi connectivity index (χ3v) is 3.85. The summed E-state index contributed by atoms with van der Waals surface area (Å²) in [4.78, 5) is 0. The van der Waals surface area contributed by atoms with Crippen molar-refractivity contribution in [2.24, 2.45) is 5.92 Å². The molecule has 0 spiro atoms. The summed E-state index contributed by atoms with van der Waals surface area (Å²) in [6.07, 6.45) is 0.714. The molecular weight excluding hydrogens is 288 g/mol. The second-order valence-electron chi connectivity index (χ2n) is 4.22. The number of para-hydroxylation sites is 1. The lowest BCUT2D eigenvalue weighted by Crippen LogP contribution is -2.19. The van der Waals surface area contributed by atoms with Crippen molar-refractivity contribution in [1.29, 1.82) is 0 Å². The molecule has 19 heavy (non-hydrogen) atoms. The monoisotopic (exact) mass is 306 g/mol. The van der Waals surface area contributed by atoms with Gasteiger partial charge in [0.25, 0.3) is 0 Å². The SMILES string of the molecule is CCC(COCCOc1ccccc1)CS(=O)(=O)Cl. The number of hydrogen-bond acceptors (Lipinski definition) is 4. The molecule has 0 saturated carbocycles. The molecule has 0 aromatic heterocycles. The largest absolute Gasteiger partial charge is 0.491 e. The Morgan fingerprint density at radius 2 is 1.89 bits per heavy atom. The van der Waals surface area contributed by atoms with Crippen molar-refractivity contribution < 1.29 is 17.9 Å². The van der Waals surface area contributed by atoms with Gasteiger partial charge in [-0.15, -0.1) is 0 Å². The van der Waals surface area contributed by atoms with Gasteiger partial charge in [0.05, 0.1) is 19.0 Å². The van der Waals surface area contributed by atoms with E-state index in [0.717, 1.165) is 5.75 Å². The third kappa shape index (κ3) is 8.08. The predicted octanol–water partition coefficient (Wildman–Crippen LogP) is 2.68. The summed E-state index contributed by atoms with van der Waals surface area (Å²) >= 11 is 0. The van der Waals surface area contributed by atoms with E-state index >= 15 is 0 Å². The summed E-state index contributed by atoms with van der Waals surface area (Å²) in [6, 6.07) is 9.45. The predicted molar refractivity (Wildman–Crippen MR) is 76.2 cm³/mol. The summed E-state index contributed by atoms with van der Waals surface area (Å²) in [6.45, 7) is 3.15. The molecule has 0 N–H and O–H groups in total. The number of rotatable bonds is 9. The highest BCUT2D eigenvalue weighted by atomic mass is 35.7. The van der Waals surface area contributed by atoms with Crippen LogP contribution in [0.5, 0.6) is 5.75 Å².